The number of rotatable bonds is 5. The van der Waals surface area contributed by atoms with Crippen LogP contribution in [0.25, 0.3) is 0 Å². The Balaban J connectivity index is 2.70. The van der Waals surface area contributed by atoms with E-state index in [4.69, 9.17) is 16.7 Å². The van der Waals surface area contributed by atoms with Gasteiger partial charge in [0.1, 0.15) is 0 Å². The zero-order chi connectivity index (χ0) is 15.3. The molecular weight excluding hydrogens is 319 g/mol. The maximum atomic E-state index is 12.5. The van der Waals surface area contributed by atoms with Gasteiger partial charge in [0.2, 0.25) is 5.91 Å². The monoisotopic (exact) mass is 327 g/mol. The van der Waals surface area contributed by atoms with E-state index in [1.165, 1.54) is 6.07 Å². The van der Waals surface area contributed by atoms with Crippen molar-refractivity contribution in [1.82, 2.24) is 0 Å². The normalized spacial score (nSPS) is 11.2. The molecule has 0 saturated carbocycles. The number of halogens is 4. The minimum atomic E-state index is -4.57. The smallest absolute Gasteiger partial charge is 0.416 e. The van der Waals surface area contributed by atoms with Crippen LogP contribution in [-0.4, -0.2) is 28.5 Å². The SMILES string of the molecule is O=C(O)CSCC(=O)Nc1cc(Cl)cc(C(F)(F)F)c1. The molecule has 9 heteroatoms. The number of nitrogens with one attached hydrogen (secondary N) is 1. The minimum Gasteiger partial charge on any atom is -0.481 e. The average molecular weight is 328 g/mol. The molecule has 0 spiro atoms. The van der Waals surface area contributed by atoms with Crippen LogP contribution in [0.15, 0.2) is 18.2 Å². The van der Waals surface area contributed by atoms with E-state index >= 15 is 0 Å². The third-order valence-electron chi connectivity index (χ3n) is 1.97. The van der Waals surface area contributed by atoms with Crippen LogP contribution in [0.2, 0.25) is 5.02 Å². The summed E-state index contributed by atoms with van der Waals surface area (Å²) in [4.78, 5) is 21.7. The molecule has 0 aromatic heterocycles. The van der Waals surface area contributed by atoms with Gasteiger partial charge in [0.15, 0.2) is 0 Å². The highest BCUT2D eigenvalue weighted by molar-refractivity contribution is 8.00. The molecule has 0 saturated heterocycles. The van der Waals surface area contributed by atoms with Crippen LogP contribution in [0.3, 0.4) is 0 Å². The average Bonchev–Trinajstić information content (AvgIpc) is 2.26. The van der Waals surface area contributed by atoms with E-state index in [0.717, 1.165) is 23.9 Å². The van der Waals surface area contributed by atoms with Gasteiger partial charge in [0, 0.05) is 10.7 Å². The van der Waals surface area contributed by atoms with Crippen LogP contribution in [-0.2, 0) is 15.8 Å². The molecule has 0 heterocycles. The summed E-state index contributed by atoms with van der Waals surface area (Å²) >= 11 is 6.39. The Bertz CT molecular complexity index is 522. The predicted molar refractivity (Wildman–Crippen MR) is 70.0 cm³/mol. The number of hydrogen-bond donors (Lipinski definition) is 2. The van der Waals surface area contributed by atoms with E-state index in [-0.39, 0.29) is 22.2 Å². The molecule has 0 unspecified atom stereocenters. The van der Waals surface area contributed by atoms with Crippen LogP contribution in [0.5, 0.6) is 0 Å². The van der Waals surface area contributed by atoms with Crippen molar-refractivity contribution in [3.63, 3.8) is 0 Å². The maximum Gasteiger partial charge on any atom is 0.416 e. The summed E-state index contributed by atoms with van der Waals surface area (Å²) in [6.45, 7) is 0. The lowest BCUT2D eigenvalue weighted by molar-refractivity contribution is -0.137. The highest BCUT2D eigenvalue weighted by Gasteiger charge is 2.31. The third kappa shape index (κ3) is 5.70. The number of carboxylic acids is 1. The van der Waals surface area contributed by atoms with Gasteiger partial charge in [0.25, 0.3) is 0 Å². The van der Waals surface area contributed by atoms with Crippen LogP contribution >= 0.6 is 23.4 Å². The number of alkyl halides is 3. The lowest BCUT2D eigenvalue weighted by atomic mass is 10.2. The number of hydrogen-bond acceptors (Lipinski definition) is 3. The Morgan fingerprint density at radius 2 is 1.90 bits per heavy atom. The molecule has 0 aliphatic rings. The standard InChI is InChI=1S/C11H9ClF3NO3S/c12-7-1-6(11(13,14)15)2-8(3-7)16-9(17)4-20-5-10(18)19/h1-3H,4-5H2,(H,16,17)(H,18,19). The van der Waals surface area contributed by atoms with Gasteiger partial charge >= 0.3 is 12.1 Å². The first-order valence-electron chi connectivity index (χ1n) is 5.15. The highest BCUT2D eigenvalue weighted by Crippen LogP contribution is 2.33. The van der Waals surface area contributed by atoms with Gasteiger partial charge in [-0.2, -0.15) is 13.2 Å². The Morgan fingerprint density at radius 1 is 1.25 bits per heavy atom. The second-order valence-electron chi connectivity index (χ2n) is 3.66. The molecule has 4 nitrogen and oxygen atoms in total. The Kier molecular flexibility index (Phi) is 5.70. The van der Waals surface area contributed by atoms with Gasteiger partial charge < -0.3 is 10.4 Å². The van der Waals surface area contributed by atoms with Crippen LogP contribution < -0.4 is 5.32 Å². The number of carbonyl (C=O) groups excluding carboxylic acids is 1. The number of carbonyl (C=O) groups is 2. The maximum absolute atomic E-state index is 12.5. The first-order chi connectivity index (χ1) is 9.18. The molecule has 2 N–H and O–H groups in total. The van der Waals surface area contributed by atoms with Crippen molar-refractivity contribution in [2.24, 2.45) is 0 Å². The van der Waals surface area contributed by atoms with Crippen LogP contribution in [0.1, 0.15) is 5.56 Å². The summed E-state index contributed by atoms with van der Waals surface area (Å²) < 4.78 is 37.6. The fourth-order valence-corrected chi connectivity index (χ4v) is 2.02. The van der Waals surface area contributed by atoms with E-state index < -0.39 is 23.6 Å². The number of benzene rings is 1. The molecule has 1 amide bonds. The van der Waals surface area contributed by atoms with Crippen molar-refractivity contribution in [1.29, 1.82) is 0 Å². The van der Waals surface area contributed by atoms with E-state index in [9.17, 15) is 22.8 Å². The van der Waals surface area contributed by atoms with Gasteiger partial charge in [-0.1, -0.05) is 11.6 Å². The summed E-state index contributed by atoms with van der Waals surface area (Å²) in [5.74, 6) is -2.13. The number of amides is 1. The van der Waals surface area contributed by atoms with E-state index in [1.54, 1.807) is 0 Å². The van der Waals surface area contributed by atoms with Gasteiger partial charge in [0.05, 0.1) is 17.1 Å². The Labute approximate surface area is 121 Å². The summed E-state index contributed by atoms with van der Waals surface area (Å²) in [6, 6.07) is 2.68. The topological polar surface area (TPSA) is 66.4 Å². The van der Waals surface area contributed by atoms with Crippen molar-refractivity contribution >= 4 is 40.9 Å². The molecule has 0 atom stereocenters. The largest absolute Gasteiger partial charge is 0.481 e. The Morgan fingerprint density at radius 3 is 2.45 bits per heavy atom. The Hall–Kier alpha value is -1.41. The van der Waals surface area contributed by atoms with Gasteiger partial charge in [-0.25, -0.2) is 0 Å². The van der Waals surface area contributed by atoms with Crippen molar-refractivity contribution in [2.45, 2.75) is 6.18 Å². The quantitative estimate of drug-likeness (QED) is 0.872. The fourth-order valence-electron chi connectivity index (χ4n) is 1.25. The van der Waals surface area contributed by atoms with Gasteiger partial charge in [-0.15, -0.1) is 11.8 Å². The van der Waals surface area contributed by atoms with Crippen molar-refractivity contribution < 1.29 is 27.9 Å². The highest BCUT2D eigenvalue weighted by atomic mass is 35.5. The lowest BCUT2D eigenvalue weighted by Gasteiger charge is -2.10. The molecule has 1 aromatic carbocycles. The van der Waals surface area contributed by atoms with Crippen LogP contribution in [0.4, 0.5) is 18.9 Å². The summed E-state index contributed by atoms with van der Waals surface area (Å²) in [5, 5.41) is 10.5. The summed E-state index contributed by atoms with van der Waals surface area (Å²) in [7, 11) is 0. The van der Waals surface area contributed by atoms with E-state index in [2.05, 4.69) is 5.32 Å². The molecule has 20 heavy (non-hydrogen) atoms. The molecule has 0 fully saturated rings. The van der Waals surface area contributed by atoms with Crippen molar-refractivity contribution in [3.8, 4) is 0 Å². The molecule has 0 aliphatic carbocycles. The predicted octanol–water partition coefficient (Wildman–Crippen LogP) is 3.12. The van der Waals surface area contributed by atoms with Crippen LogP contribution in [0, 0.1) is 0 Å². The zero-order valence-electron chi connectivity index (χ0n) is 9.83. The van der Waals surface area contributed by atoms with E-state index in [0.29, 0.717) is 0 Å². The van der Waals surface area contributed by atoms with Crippen molar-refractivity contribution in [3.05, 3.63) is 28.8 Å². The summed E-state index contributed by atoms with van der Waals surface area (Å²) in [6.07, 6.45) is -4.57. The number of aliphatic carboxylic acids is 1. The second kappa shape index (κ2) is 6.85. The number of carboxylic acid groups (broad SMARTS) is 1. The summed E-state index contributed by atoms with van der Waals surface area (Å²) in [5.41, 5.74) is -1.07. The van der Waals surface area contributed by atoms with E-state index in [1.807, 2.05) is 0 Å². The molecule has 1 aromatic rings. The van der Waals surface area contributed by atoms with Crippen molar-refractivity contribution in [2.75, 3.05) is 16.8 Å². The van der Waals surface area contributed by atoms with Gasteiger partial charge in [-0.05, 0) is 18.2 Å². The first-order valence-corrected chi connectivity index (χ1v) is 6.69. The molecular formula is C11H9ClF3NO3S. The third-order valence-corrected chi connectivity index (χ3v) is 3.10. The molecule has 110 valence electrons. The second-order valence-corrected chi connectivity index (χ2v) is 5.08. The molecule has 0 aliphatic heterocycles. The fraction of sp³-hybridized carbons (Fsp3) is 0.273. The first kappa shape index (κ1) is 16.6. The molecule has 0 radical (unpaired) electrons. The zero-order valence-corrected chi connectivity index (χ0v) is 11.4. The molecule has 0 bridgehead atoms. The number of anilines is 1. The molecule has 1 rings (SSSR count). The minimum absolute atomic E-state index is 0.0919. The number of thioether (sulfide) groups is 1. The van der Waals surface area contributed by atoms with Gasteiger partial charge in [-0.3, -0.25) is 9.59 Å². The lowest BCUT2D eigenvalue weighted by Crippen LogP contribution is -2.16.